The number of carboxylic acids is 1. The Kier molecular flexibility index (Phi) is 4.82. The van der Waals surface area contributed by atoms with Crippen molar-refractivity contribution in [2.45, 2.75) is 37.4 Å². The summed E-state index contributed by atoms with van der Waals surface area (Å²) in [6, 6.07) is 4.22. The monoisotopic (exact) mass is 331 g/mol. The summed E-state index contributed by atoms with van der Waals surface area (Å²) >= 11 is 0. The lowest BCUT2D eigenvalue weighted by Gasteiger charge is -2.41. The second-order valence-electron chi connectivity index (χ2n) is 5.57. The van der Waals surface area contributed by atoms with Crippen molar-refractivity contribution in [2.24, 2.45) is 0 Å². The van der Waals surface area contributed by atoms with E-state index in [1.54, 1.807) is 0 Å². The maximum absolute atomic E-state index is 12.6. The number of benzene rings is 1. The summed E-state index contributed by atoms with van der Waals surface area (Å²) in [4.78, 5) is 22.6. The Labute approximate surface area is 130 Å². The number of carbonyl (C=O) groups excluding carboxylic acids is 1. The summed E-state index contributed by atoms with van der Waals surface area (Å²) in [5.41, 5.74) is -1.63. The molecule has 0 saturated heterocycles. The molecule has 0 aromatic heterocycles. The maximum Gasteiger partial charge on any atom is 0.416 e. The van der Waals surface area contributed by atoms with E-state index in [2.05, 4.69) is 5.32 Å². The average molecular weight is 331 g/mol. The summed E-state index contributed by atoms with van der Waals surface area (Å²) in [7, 11) is 0. The number of ether oxygens (including phenoxy) is 1. The Bertz CT molecular complexity index is 597. The second kappa shape index (κ2) is 6.47. The van der Waals surface area contributed by atoms with Gasteiger partial charge in [-0.15, -0.1) is 0 Å². The van der Waals surface area contributed by atoms with Crippen molar-refractivity contribution < 1.29 is 32.6 Å². The molecule has 0 atom stereocenters. The number of hydrogen-bond donors (Lipinski definition) is 2. The van der Waals surface area contributed by atoms with Gasteiger partial charge in [0, 0.05) is 0 Å². The Balaban J connectivity index is 1.91. The van der Waals surface area contributed by atoms with Crippen LogP contribution in [0.3, 0.4) is 0 Å². The molecule has 0 unspecified atom stereocenters. The van der Waals surface area contributed by atoms with E-state index in [0.29, 0.717) is 12.8 Å². The van der Waals surface area contributed by atoms with Gasteiger partial charge in [0.15, 0.2) is 6.61 Å². The number of aliphatic carboxylic acids is 1. The van der Waals surface area contributed by atoms with Crippen molar-refractivity contribution in [3.8, 4) is 5.75 Å². The third-order valence-corrected chi connectivity index (χ3v) is 3.74. The van der Waals surface area contributed by atoms with Crippen molar-refractivity contribution in [3.63, 3.8) is 0 Å². The third kappa shape index (κ3) is 4.61. The van der Waals surface area contributed by atoms with Crippen LogP contribution in [-0.2, 0) is 15.8 Å². The largest absolute Gasteiger partial charge is 0.484 e. The zero-order valence-corrected chi connectivity index (χ0v) is 12.2. The van der Waals surface area contributed by atoms with E-state index in [-0.39, 0.29) is 12.2 Å². The van der Waals surface area contributed by atoms with Crippen LogP contribution in [0, 0.1) is 0 Å². The quantitative estimate of drug-likeness (QED) is 0.840. The lowest BCUT2D eigenvalue weighted by atomic mass is 9.74. The standard InChI is InChI=1S/C15H16F3NO4/c16-15(17,18)10-3-1-4-11(7-10)23-9-12(20)19-14(5-2-6-14)8-13(21)22/h1,3-4,7H,2,5-6,8-9H2,(H,19,20)(H,21,22). The Morgan fingerprint density at radius 2 is 2.00 bits per heavy atom. The SMILES string of the molecule is O=C(O)CC1(NC(=O)COc2cccc(C(F)(F)F)c2)CCC1. The Morgan fingerprint density at radius 1 is 1.30 bits per heavy atom. The van der Waals surface area contributed by atoms with E-state index in [4.69, 9.17) is 9.84 Å². The van der Waals surface area contributed by atoms with Gasteiger partial charge >= 0.3 is 12.1 Å². The van der Waals surface area contributed by atoms with Crippen molar-refractivity contribution in [3.05, 3.63) is 29.8 Å². The number of nitrogens with one attached hydrogen (secondary N) is 1. The molecule has 1 aromatic rings. The number of rotatable bonds is 6. The van der Waals surface area contributed by atoms with Crippen LogP contribution in [0.2, 0.25) is 0 Å². The molecule has 1 amide bonds. The Morgan fingerprint density at radius 3 is 2.52 bits per heavy atom. The molecule has 2 N–H and O–H groups in total. The molecule has 1 fully saturated rings. The van der Waals surface area contributed by atoms with Crippen molar-refractivity contribution >= 4 is 11.9 Å². The van der Waals surface area contributed by atoms with E-state index in [0.717, 1.165) is 18.6 Å². The zero-order chi connectivity index (χ0) is 17.1. The van der Waals surface area contributed by atoms with Gasteiger partial charge in [-0.3, -0.25) is 9.59 Å². The van der Waals surface area contributed by atoms with E-state index in [1.807, 2.05) is 0 Å². The summed E-state index contributed by atoms with van der Waals surface area (Å²) in [6.07, 6.45) is -2.72. The van der Waals surface area contributed by atoms with Gasteiger partial charge in [0.1, 0.15) is 5.75 Å². The average Bonchev–Trinajstić information content (AvgIpc) is 2.41. The van der Waals surface area contributed by atoms with Crippen LogP contribution >= 0.6 is 0 Å². The summed E-state index contributed by atoms with van der Waals surface area (Å²) in [6.45, 7) is -0.470. The summed E-state index contributed by atoms with van der Waals surface area (Å²) < 4.78 is 42.8. The highest BCUT2D eigenvalue weighted by molar-refractivity contribution is 5.80. The van der Waals surface area contributed by atoms with E-state index < -0.39 is 35.8 Å². The first-order valence-corrected chi connectivity index (χ1v) is 7.03. The molecule has 126 valence electrons. The topological polar surface area (TPSA) is 75.6 Å². The van der Waals surface area contributed by atoms with Crippen LogP contribution in [0.4, 0.5) is 13.2 Å². The smallest absolute Gasteiger partial charge is 0.416 e. The fraction of sp³-hybridized carbons (Fsp3) is 0.467. The molecule has 5 nitrogen and oxygen atoms in total. The molecule has 23 heavy (non-hydrogen) atoms. The van der Waals surface area contributed by atoms with Gasteiger partial charge in [0.05, 0.1) is 17.5 Å². The van der Waals surface area contributed by atoms with Gasteiger partial charge < -0.3 is 15.2 Å². The van der Waals surface area contributed by atoms with Gasteiger partial charge in [-0.25, -0.2) is 0 Å². The fourth-order valence-electron chi connectivity index (χ4n) is 2.48. The minimum atomic E-state index is -4.49. The molecule has 8 heteroatoms. The molecule has 0 bridgehead atoms. The van der Waals surface area contributed by atoms with E-state index in [9.17, 15) is 22.8 Å². The first-order valence-electron chi connectivity index (χ1n) is 7.03. The van der Waals surface area contributed by atoms with Gasteiger partial charge in [-0.1, -0.05) is 6.07 Å². The molecule has 0 aliphatic heterocycles. The molecule has 1 aromatic carbocycles. The van der Waals surface area contributed by atoms with Crippen LogP contribution in [0.1, 0.15) is 31.2 Å². The van der Waals surface area contributed by atoms with Crippen LogP contribution in [0.25, 0.3) is 0 Å². The van der Waals surface area contributed by atoms with Crippen LogP contribution < -0.4 is 10.1 Å². The highest BCUT2D eigenvalue weighted by atomic mass is 19.4. The predicted molar refractivity (Wildman–Crippen MR) is 73.9 cm³/mol. The number of alkyl halides is 3. The minimum absolute atomic E-state index is 0.0733. The lowest BCUT2D eigenvalue weighted by Crippen LogP contribution is -2.55. The van der Waals surface area contributed by atoms with Crippen LogP contribution in [0.5, 0.6) is 5.75 Å². The summed E-state index contributed by atoms with van der Waals surface area (Å²) in [5.74, 6) is -1.64. The van der Waals surface area contributed by atoms with Gasteiger partial charge in [-0.05, 0) is 37.5 Å². The van der Waals surface area contributed by atoms with Crippen molar-refractivity contribution in [1.29, 1.82) is 0 Å². The number of carbonyl (C=O) groups is 2. The number of amides is 1. The normalized spacial score (nSPS) is 16.3. The van der Waals surface area contributed by atoms with E-state index in [1.165, 1.54) is 12.1 Å². The number of carboxylic acid groups (broad SMARTS) is 1. The number of hydrogen-bond acceptors (Lipinski definition) is 3. The van der Waals surface area contributed by atoms with Crippen molar-refractivity contribution in [1.82, 2.24) is 5.32 Å². The van der Waals surface area contributed by atoms with Crippen LogP contribution in [0.15, 0.2) is 24.3 Å². The second-order valence-corrected chi connectivity index (χ2v) is 5.57. The first kappa shape index (κ1) is 17.1. The molecule has 0 radical (unpaired) electrons. The van der Waals surface area contributed by atoms with Gasteiger partial charge in [0.25, 0.3) is 5.91 Å². The minimum Gasteiger partial charge on any atom is -0.484 e. The lowest BCUT2D eigenvalue weighted by molar-refractivity contribution is -0.140. The third-order valence-electron chi connectivity index (χ3n) is 3.74. The Hall–Kier alpha value is -2.25. The van der Waals surface area contributed by atoms with Gasteiger partial charge in [-0.2, -0.15) is 13.2 Å². The zero-order valence-electron chi connectivity index (χ0n) is 12.2. The molecule has 1 aliphatic rings. The summed E-state index contributed by atoms with van der Waals surface area (Å²) in [5, 5.41) is 11.5. The van der Waals surface area contributed by atoms with Crippen molar-refractivity contribution in [2.75, 3.05) is 6.61 Å². The highest BCUT2D eigenvalue weighted by Crippen LogP contribution is 2.35. The fourth-order valence-corrected chi connectivity index (χ4v) is 2.48. The van der Waals surface area contributed by atoms with Crippen LogP contribution in [-0.4, -0.2) is 29.1 Å². The number of halogens is 3. The molecule has 0 heterocycles. The maximum atomic E-state index is 12.6. The molecule has 1 saturated carbocycles. The molecular weight excluding hydrogens is 315 g/mol. The highest BCUT2D eigenvalue weighted by Gasteiger charge is 2.40. The molecule has 2 rings (SSSR count). The molecule has 0 spiro atoms. The van der Waals surface area contributed by atoms with E-state index >= 15 is 0 Å². The molecular formula is C15H16F3NO4. The predicted octanol–water partition coefficient (Wildman–Crippen LogP) is 2.60. The van der Waals surface area contributed by atoms with Gasteiger partial charge in [0.2, 0.25) is 0 Å². The molecule has 1 aliphatic carbocycles. The first-order chi connectivity index (χ1) is 10.7.